The van der Waals surface area contributed by atoms with Gasteiger partial charge in [-0.1, -0.05) is 73.7 Å². The first kappa shape index (κ1) is 15.8. The van der Waals surface area contributed by atoms with Gasteiger partial charge >= 0.3 is 0 Å². The maximum Gasteiger partial charge on any atom is 0.00182 e. The Morgan fingerprint density at radius 3 is 2.13 bits per heavy atom. The van der Waals surface area contributed by atoms with Crippen LogP contribution in [0.2, 0.25) is 0 Å². The van der Waals surface area contributed by atoms with Crippen molar-refractivity contribution in [2.75, 3.05) is 0 Å². The molecule has 2 aromatic rings. The Balaban J connectivity index is 1.71. The van der Waals surface area contributed by atoms with Crippen molar-refractivity contribution in [3.05, 3.63) is 84.5 Å². The molecule has 0 N–H and O–H groups in total. The average Bonchev–Trinajstić information content (AvgIpc) is 2.61. The van der Waals surface area contributed by atoms with E-state index < -0.39 is 0 Å². The molecule has 0 aromatic heterocycles. The molecule has 2 atom stereocenters. The molecular weight excluding hydrogens is 276 g/mol. The minimum absolute atomic E-state index is 0.599. The average molecular weight is 302 g/mol. The van der Waals surface area contributed by atoms with Gasteiger partial charge in [-0.05, 0) is 53.9 Å². The second-order valence-corrected chi connectivity index (χ2v) is 6.69. The van der Waals surface area contributed by atoms with Gasteiger partial charge in [0.1, 0.15) is 0 Å². The molecule has 2 unspecified atom stereocenters. The molecule has 0 saturated heterocycles. The summed E-state index contributed by atoms with van der Waals surface area (Å²) in [5.74, 6) is 1.34. The maximum absolute atomic E-state index is 3.79. The summed E-state index contributed by atoms with van der Waals surface area (Å²) >= 11 is 0. The highest BCUT2D eigenvalue weighted by atomic mass is 14.2. The van der Waals surface area contributed by atoms with E-state index in [0.717, 1.165) is 18.8 Å². The Hall–Kier alpha value is -2.08. The lowest BCUT2D eigenvalue weighted by Gasteiger charge is -2.20. The fourth-order valence-corrected chi connectivity index (χ4v) is 3.29. The molecule has 1 aliphatic carbocycles. The lowest BCUT2D eigenvalue weighted by atomic mass is 9.85. The molecule has 1 aliphatic rings. The van der Waals surface area contributed by atoms with Crippen LogP contribution in [0.25, 0.3) is 11.1 Å². The van der Waals surface area contributed by atoms with Crippen LogP contribution in [0.4, 0.5) is 0 Å². The minimum atomic E-state index is 0.599. The van der Waals surface area contributed by atoms with Crippen LogP contribution >= 0.6 is 0 Å². The first-order chi connectivity index (χ1) is 11.3. The smallest absolute Gasteiger partial charge is 0.00182 e. The van der Waals surface area contributed by atoms with Crippen LogP contribution in [0.1, 0.15) is 43.2 Å². The van der Waals surface area contributed by atoms with Gasteiger partial charge in [-0.3, -0.25) is 0 Å². The summed E-state index contributed by atoms with van der Waals surface area (Å²) in [6.07, 6.45) is 11.4. The Kier molecular flexibility index (Phi) is 5.12. The summed E-state index contributed by atoms with van der Waals surface area (Å²) in [5.41, 5.74) is 5.43. The monoisotopic (exact) mass is 302 g/mol. The highest BCUT2D eigenvalue weighted by molar-refractivity contribution is 5.64. The van der Waals surface area contributed by atoms with Crippen molar-refractivity contribution in [3.63, 3.8) is 0 Å². The van der Waals surface area contributed by atoms with E-state index in [0.29, 0.717) is 5.92 Å². The summed E-state index contributed by atoms with van der Waals surface area (Å²) in [6.45, 7) is 6.09. The lowest BCUT2D eigenvalue weighted by molar-refractivity contribution is 0.545. The van der Waals surface area contributed by atoms with Crippen LogP contribution < -0.4 is 0 Å². The van der Waals surface area contributed by atoms with Gasteiger partial charge in [0.2, 0.25) is 0 Å². The maximum atomic E-state index is 3.79. The number of benzene rings is 2. The number of allylic oxidation sites excluding steroid dienone is 3. The zero-order valence-electron chi connectivity index (χ0n) is 14.0. The summed E-state index contributed by atoms with van der Waals surface area (Å²) < 4.78 is 0. The molecule has 0 heteroatoms. The van der Waals surface area contributed by atoms with Crippen LogP contribution in [0.5, 0.6) is 0 Å². The van der Waals surface area contributed by atoms with E-state index in [2.05, 4.69) is 74.2 Å². The Morgan fingerprint density at radius 2 is 1.57 bits per heavy atom. The number of hydrogen-bond donors (Lipinski definition) is 0. The normalized spacial score (nSPS) is 20.4. The van der Waals surface area contributed by atoms with Crippen molar-refractivity contribution in [1.29, 1.82) is 0 Å². The van der Waals surface area contributed by atoms with E-state index in [1.54, 1.807) is 0 Å². The second-order valence-electron chi connectivity index (χ2n) is 6.69. The summed E-state index contributed by atoms with van der Waals surface area (Å²) in [5, 5.41) is 0. The summed E-state index contributed by atoms with van der Waals surface area (Å²) in [7, 11) is 0. The van der Waals surface area contributed by atoms with Crippen LogP contribution in [-0.2, 0) is 6.42 Å². The third-order valence-electron chi connectivity index (χ3n) is 4.87. The van der Waals surface area contributed by atoms with E-state index in [-0.39, 0.29) is 0 Å². The molecule has 3 rings (SSSR count). The van der Waals surface area contributed by atoms with E-state index in [9.17, 15) is 0 Å². The van der Waals surface area contributed by atoms with Gasteiger partial charge in [0.15, 0.2) is 0 Å². The van der Waals surface area contributed by atoms with E-state index >= 15 is 0 Å². The molecule has 0 bridgehead atoms. The predicted octanol–water partition coefficient (Wildman–Crippen LogP) is 6.54. The van der Waals surface area contributed by atoms with E-state index in [1.807, 2.05) is 6.08 Å². The molecule has 0 amide bonds. The van der Waals surface area contributed by atoms with Gasteiger partial charge in [-0.2, -0.15) is 0 Å². The third kappa shape index (κ3) is 4.01. The van der Waals surface area contributed by atoms with E-state index in [4.69, 9.17) is 0 Å². The molecule has 0 radical (unpaired) electrons. The number of rotatable bonds is 5. The van der Waals surface area contributed by atoms with E-state index in [1.165, 1.54) is 35.1 Å². The summed E-state index contributed by atoms with van der Waals surface area (Å²) in [4.78, 5) is 0. The Bertz CT molecular complexity index is 658. The standard InChI is InChI=1S/C23H26/c1-3-4-5-19-8-12-21(13-9-19)23-16-14-22(15-17-23)20-10-6-18(2)7-11-20/h3,6,8-10,12-18,20H,1,4-5,7,11H2,2H3. The van der Waals surface area contributed by atoms with Gasteiger partial charge in [0.05, 0.1) is 0 Å². The molecule has 23 heavy (non-hydrogen) atoms. The highest BCUT2D eigenvalue weighted by Gasteiger charge is 2.14. The molecule has 2 aromatic carbocycles. The molecular formula is C23H26. The van der Waals surface area contributed by atoms with Gasteiger partial charge in [-0.15, -0.1) is 6.58 Å². The van der Waals surface area contributed by atoms with Gasteiger partial charge < -0.3 is 0 Å². The van der Waals surface area contributed by atoms with Crippen molar-refractivity contribution in [2.45, 2.75) is 38.5 Å². The highest BCUT2D eigenvalue weighted by Crippen LogP contribution is 2.31. The third-order valence-corrected chi connectivity index (χ3v) is 4.87. The van der Waals surface area contributed by atoms with Crippen LogP contribution in [0.3, 0.4) is 0 Å². The molecule has 118 valence electrons. The van der Waals surface area contributed by atoms with Crippen LogP contribution in [-0.4, -0.2) is 0 Å². The SMILES string of the molecule is C=CCCc1ccc(-c2ccc(C3C=CC(C)CC3)cc2)cc1. The Labute approximate surface area is 140 Å². The first-order valence-corrected chi connectivity index (χ1v) is 8.75. The minimum Gasteiger partial charge on any atom is -0.103 e. The van der Waals surface area contributed by atoms with Gasteiger partial charge in [-0.25, -0.2) is 0 Å². The molecule has 0 nitrogen and oxygen atoms in total. The number of aryl methyl sites for hydroxylation is 1. The molecule has 0 aliphatic heterocycles. The Morgan fingerprint density at radius 1 is 0.913 bits per heavy atom. The van der Waals surface area contributed by atoms with Crippen LogP contribution in [0, 0.1) is 5.92 Å². The van der Waals surface area contributed by atoms with Gasteiger partial charge in [0, 0.05) is 5.92 Å². The fourth-order valence-electron chi connectivity index (χ4n) is 3.29. The van der Waals surface area contributed by atoms with Crippen molar-refractivity contribution in [1.82, 2.24) is 0 Å². The van der Waals surface area contributed by atoms with Gasteiger partial charge in [0.25, 0.3) is 0 Å². The predicted molar refractivity (Wildman–Crippen MR) is 101 cm³/mol. The molecule has 0 heterocycles. The fraction of sp³-hybridized carbons (Fsp3) is 0.304. The topological polar surface area (TPSA) is 0 Å². The summed E-state index contributed by atoms with van der Waals surface area (Å²) in [6, 6.07) is 18.1. The molecule has 0 spiro atoms. The lowest BCUT2D eigenvalue weighted by Crippen LogP contribution is -2.04. The molecule has 0 fully saturated rings. The number of hydrogen-bond acceptors (Lipinski definition) is 0. The quantitative estimate of drug-likeness (QED) is 0.550. The zero-order valence-corrected chi connectivity index (χ0v) is 14.0. The zero-order chi connectivity index (χ0) is 16.1. The second kappa shape index (κ2) is 7.46. The first-order valence-electron chi connectivity index (χ1n) is 8.75. The van der Waals surface area contributed by atoms with Crippen molar-refractivity contribution < 1.29 is 0 Å². The van der Waals surface area contributed by atoms with Crippen molar-refractivity contribution >= 4 is 0 Å². The largest absolute Gasteiger partial charge is 0.103 e. The van der Waals surface area contributed by atoms with Crippen molar-refractivity contribution in [2.24, 2.45) is 5.92 Å². The van der Waals surface area contributed by atoms with Crippen molar-refractivity contribution in [3.8, 4) is 11.1 Å². The molecule has 0 saturated carbocycles. The van der Waals surface area contributed by atoms with Crippen LogP contribution in [0.15, 0.2) is 73.3 Å².